The molecule has 1 aliphatic heterocycles. The lowest BCUT2D eigenvalue weighted by Crippen LogP contribution is -2.55. The van der Waals surface area contributed by atoms with Crippen molar-refractivity contribution in [3.63, 3.8) is 0 Å². The van der Waals surface area contributed by atoms with Crippen molar-refractivity contribution in [1.82, 2.24) is 10.2 Å². The first-order valence-corrected chi connectivity index (χ1v) is 6.53. The quantitative estimate of drug-likeness (QED) is 0.810. The summed E-state index contributed by atoms with van der Waals surface area (Å²) >= 11 is 0. The number of carbonyl (C=O) groups excluding carboxylic acids is 1. The number of ether oxygens (including phenoxy) is 1. The van der Waals surface area contributed by atoms with Crippen molar-refractivity contribution in [3.05, 3.63) is 0 Å². The molecule has 0 aromatic heterocycles. The third-order valence-corrected chi connectivity index (χ3v) is 3.14. The molecule has 0 aromatic carbocycles. The van der Waals surface area contributed by atoms with Crippen LogP contribution in [0.25, 0.3) is 0 Å². The van der Waals surface area contributed by atoms with Gasteiger partial charge in [0.2, 0.25) is 5.91 Å². The summed E-state index contributed by atoms with van der Waals surface area (Å²) in [4.78, 5) is 14.0. The van der Waals surface area contributed by atoms with Crippen molar-refractivity contribution in [3.8, 4) is 0 Å². The Bertz CT molecular complexity index is 266. The Morgan fingerprint density at radius 2 is 2.24 bits per heavy atom. The maximum absolute atomic E-state index is 12.1. The number of rotatable bonds is 4. The molecule has 17 heavy (non-hydrogen) atoms. The molecule has 0 aliphatic carbocycles. The predicted molar refractivity (Wildman–Crippen MR) is 69.0 cm³/mol. The number of nitrogens with one attached hydrogen (secondary N) is 1. The van der Waals surface area contributed by atoms with Crippen LogP contribution < -0.4 is 5.32 Å². The lowest BCUT2D eigenvalue weighted by molar-refractivity contribution is -0.157. The van der Waals surface area contributed by atoms with E-state index >= 15 is 0 Å². The summed E-state index contributed by atoms with van der Waals surface area (Å²) in [6, 6.07) is 0.394. The Kier molecular flexibility index (Phi) is 4.95. The Balaban J connectivity index is 2.46. The van der Waals surface area contributed by atoms with Gasteiger partial charge in [-0.2, -0.15) is 0 Å². The molecule has 1 aliphatic rings. The average Bonchev–Trinajstić information content (AvgIpc) is 2.22. The Hall–Kier alpha value is -0.610. The Labute approximate surface area is 105 Å². The number of hydrogen-bond donors (Lipinski definition) is 1. The van der Waals surface area contributed by atoms with Gasteiger partial charge in [-0.3, -0.25) is 4.79 Å². The second-order valence-electron chi connectivity index (χ2n) is 5.65. The minimum Gasteiger partial charge on any atom is -0.369 e. The first kappa shape index (κ1) is 14.5. The summed E-state index contributed by atoms with van der Waals surface area (Å²) in [7, 11) is 0. The van der Waals surface area contributed by atoms with Crippen LogP contribution in [0.1, 0.15) is 41.0 Å². The molecule has 1 N–H and O–H groups in total. The van der Waals surface area contributed by atoms with Crippen molar-refractivity contribution < 1.29 is 9.53 Å². The van der Waals surface area contributed by atoms with Crippen LogP contribution in [0.5, 0.6) is 0 Å². The molecule has 0 radical (unpaired) electrons. The minimum absolute atomic E-state index is 0.117. The highest BCUT2D eigenvalue weighted by Crippen LogP contribution is 2.20. The van der Waals surface area contributed by atoms with E-state index in [-0.39, 0.29) is 17.6 Å². The fourth-order valence-electron chi connectivity index (χ4n) is 2.16. The van der Waals surface area contributed by atoms with E-state index in [0.29, 0.717) is 25.7 Å². The van der Waals surface area contributed by atoms with Crippen molar-refractivity contribution in [2.45, 2.75) is 58.8 Å². The molecule has 0 bridgehead atoms. The van der Waals surface area contributed by atoms with Crippen LogP contribution in [-0.2, 0) is 9.53 Å². The van der Waals surface area contributed by atoms with Crippen LogP contribution in [0.3, 0.4) is 0 Å². The molecule has 1 saturated heterocycles. The van der Waals surface area contributed by atoms with Crippen LogP contribution in [-0.4, -0.2) is 48.2 Å². The molecule has 100 valence electrons. The molecule has 0 aromatic rings. The summed E-state index contributed by atoms with van der Waals surface area (Å²) in [5, 5.41) is 3.24. The van der Waals surface area contributed by atoms with Gasteiger partial charge in [0.05, 0.1) is 18.2 Å². The van der Waals surface area contributed by atoms with E-state index in [0.717, 1.165) is 6.42 Å². The van der Waals surface area contributed by atoms with Crippen LogP contribution in [0.15, 0.2) is 0 Å². The summed E-state index contributed by atoms with van der Waals surface area (Å²) in [5.74, 6) is 0.175. The summed E-state index contributed by atoms with van der Waals surface area (Å²) in [6.45, 7) is 12.1. The van der Waals surface area contributed by atoms with Gasteiger partial charge in [0.25, 0.3) is 0 Å². The van der Waals surface area contributed by atoms with Gasteiger partial charge in [-0.05, 0) is 34.1 Å². The van der Waals surface area contributed by atoms with E-state index in [2.05, 4.69) is 19.2 Å². The normalized spacial score (nSPS) is 25.7. The molecule has 0 spiro atoms. The van der Waals surface area contributed by atoms with E-state index in [4.69, 9.17) is 4.74 Å². The first-order valence-electron chi connectivity index (χ1n) is 6.53. The molecular formula is C13H26N2O2. The number of hydrogen-bond acceptors (Lipinski definition) is 3. The fourth-order valence-corrected chi connectivity index (χ4v) is 2.16. The number of morpholine rings is 1. The van der Waals surface area contributed by atoms with Gasteiger partial charge < -0.3 is 15.0 Å². The van der Waals surface area contributed by atoms with Gasteiger partial charge in [-0.15, -0.1) is 0 Å². The Morgan fingerprint density at radius 3 is 2.76 bits per heavy atom. The molecule has 1 rings (SSSR count). The fraction of sp³-hybridized carbons (Fsp3) is 0.923. The maximum Gasteiger partial charge on any atom is 0.236 e. The molecule has 2 atom stereocenters. The van der Waals surface area contributed by atoms with Crippen LogP contribution in [0.4, 0.5) is 0 Å². The van der Waals surface area contributed by atoms with Gasteiger partial charge in [0, 0.05) is 19.1 Å². The third kappa shape index (κ3) is 4.64. The second kappa shape index (κ2) is 5.83. The van der Waals surface area contributed by atoms with Crippen molar-refractivity contribution >= 4 is 5.91 Å². The largest absolute Gasteiger partial charge is 0.369 e. The van der Waals surface area contributed by atoms with Gasteiger partial charge in [-0.25, -0.2) is 0 Å². The first-order chi connectivity index (χ1) is 7.84. The zero-order chi connectivity index (χ0) is 13.1. The predicted octanol–water partition coefficient (Wildman–Crippen LogP) is 1.40. The van der Waals surface area contributed by atoms with Crippen molar-refractivity contribution in [2.75, 3.05) is 19.6 Å². The van der Waals surface area contributed by atoms with E-state index < -0.39 is 0 Å². The molecule has 2 unspecified atom stereocenters. The molecule has 4 heteroatoms. The van der Waals surface area contributed by atoms with Crippen molar-refractivity contribution in [2.24, 2.45) is 0 Å². The summed E-state index contributed by atoms with van der Waals surface area (Å²) < 4.78 is 5.79. The van der Waals surface area contributed by atoms with Crippen LogP contribution in [0.2, 0.25) is 0 Å². The van der Waals surface area contributed by atoms with E-state index in [1.807, 2.05) is 25.7 Å². The molecule has 1 heterocycles. The highest BCUT2D eigenvalue weighted by molar-refractivity contribution is 5.78. The van der Waals surface area contributed by atoms with E-state index in [1.54, 1.807) is 0 Å². The topological polar surface area (TPSA) is 41.6 Å². The average molecular weight is 242 g/mol. The minimum atomic E-state index is -0.232. The van der Waals surface area contributed by atoms with Gasteiger partial charge >= 0.3 is 0 Å². The standard InChI is InChI=1S/C13H26N2O2/c1-6-10(2)14-7-12(16)15-8-11(3)17-13(4,5)9-15/h10-11,14H,6-9H2,1-5H3. The number of amides is 1. The monoisotopic (exact) mass is 242 g/mol. The van der Waals surface area contributed by atoms with Gasteiger partial charge in [0.1, 0.15) is 0 Å². The Morgan fingerprint density at radius 1 is 1.59 bits per heavy atom. The highest BCUT2D eigenvalue weighted by atomic mass is 16.5. The zero-order valence-electron chi connectivity index (χ0n) is 11.7. The molecule has 1 amide bonds. The number of nitrogens with zero attached hydrogens (tertiary/aromatic N) is 1. The molecule has 1 fully saturated rings. The van der Waals surface area contributed by atoms with E-state index in [1.165, 1.54) is 0 Å². The molecule has 0 saturated carbocycles. The van der Waals surface area contributed by atoms with Gasteiger partial charge in [-0.1, -0.05) is 6.92 Å². The maximum atomic E-state index is 12.1. The summed E-state index contributed by atoms with van der Waals surface area (Å²) in [5.41, 5.74) is -0.232. The lowest BCUT2D eigenvalue weighted by atomic mass is 10.1. The van der Waals surface area contributed by atoms with Crippen LogP contribution in [0, 0.1) is 0 Å². The molecule has 4 nitrogen and oxygen atoms in total. The number of carbonyl (C=O) groups is 1. The smallest absolute Gasteiger partial charge is 0.236 e. The zero-order valence-corrected chi connectivity index (χ0v) is 11.7. The van der Waals surface area contributed by atoms with Crippen molar-refractivity contribution in [1.29, 1.82) is 0 Å². The highest BCUT2D eigenvalue weighted by Gasteiger charge is 2.33. The summed E-state index contributed by atoms with van der Waals surface area (Å²) in [6.07, 6.45) is 1.16. The SMILES string of the molecule is CCC(C)NCC(=O)N1CC(C)OC(C)(C)C1. The van der Waals surface area contributed by atoms with E-state index in [9.17, 15) is 4.79 Å². The van der Waals surface area contributed by atoms with Crippen LogP contribution >= 0.6 is 0 Å². The third-order valence-electron chi connectivity index (χ3n) is 3.14. The molecular weight excluding hydrogens is 216 g/mol. The van der Waals surface area contributed by atoms with Gasteiger partial charge in [0.15, 0.2) is 0 Å². The lowest BCUT2D eigenvalue weighted by Gasteiger charge is -2.41. The second-order valence-corrected chi connectivity index (χ2v) is 5.65.